The lowest BCUT2D eigenvalue weighted by atomic mass is 10.1. The summed E-state index contributed by atoms with van der Waals surface area (Å²) in [5.41, 5.74) is 5.03. The molecule has 0 fully saturated rings. The number of alkyl halides is 3. The molecule has 2 aromatic carbocycles. The Bertz CT molecular complexity index is 900. The van der Waals surface area contributed by atoms with Crippen molar-refractivity contribution in [1.82, 2.24) is 0 Å². The van der Waals surface area contributed by atoms with Crippen LogP contribution in [0.2, 0.25) is 0 Å². The lowest BCUT2D eigenvalue weighted by molar-refractivity contribution is -0.137. The van der Waals surface area contributed by atoms with Crippen molar-refractivity contribution in [3.05, 3.63) is 59.2 Å². The van der Waals surface area contributed by atoms with Gasteiger partial charge in [0.15, 0.2) is 5.11 Å². The average molecular weight is 396 g/mol. The number of esters is 1. The lowest BCUT2D eigenvalue weighted by Crippen LogP contribution is -2.20. The van der Waals surface area contributed by atoms with Crippen LogP contribution in [0.25, 0.3) is 0 Å². The number of nitrogens with one attached hydrogen (secondary N) is 3. The van der Waals surface area contributed by atoms with Crippen LogP contribution < -0.4 is 16.4 Å². The topological polar surface area (TPSA) is 100 Å². The van der Waals surface area contributed by atoms with E-state index in [-0.39, 0.29) is 22.2 Å². The normalized spacial score (nSPS) is 10.8. The number of thiocarbonyl (C=S) groups is 1. The molecule has 0 aliphatic carbocycles. The standard InChI is InChI=1S/C17H15F3N4O2S/c1-26-15(25)10-5-11(17(18,19)20)8-13(7-10)24-16(27)23-12-4-2-3-9(6-12)14(21)22/h2-8H,1H3,(H3,21,22)(H2,23,24,27). The van der Waals surface area contributed by atoms with Crippen LogP contribution in [0.3, 0.4) is 0 Å². The first-order valence-corrected chi connectivity index (χ1v) is 7.84. The third-order valence-electron chi connectivity index (χ3n) is 3.37. The Kier molecular flexibility index (Phi) is 6.01. The van der Waals surface area contributed by atoms with Gasteiger partial charge < -0.3 is 21.1 Å². The molecular weight excluding hydrogens is 381 g/mol. The molecule has 6 nitrogen and oxygen atoms in total. The molecule has 0 aliphatic heterocycles. The van der Waals surface area contributed by atoms with Gasteiger partial charge in [0.2, 0.25) is 0 Å². The predicted octanol–water partition coefficient (Wildman–Crippen LogP) is 3.58. The molecule has 0 spiro atoms. The first kappa shape index (κ1) is 20.2. The Hall–Kier alpha value is -3.14. The molecule has 0 unspecified atom stereocenters. The molecule has 2 aromatic rings. The fourth-order valence-electron chi connectivity index (χ4n) is 2.16. The van der Waals surface area contributed by atoms with Crippen LogP contribution in [0, 0.1) is 5.41 Å². The number of methoxy groups -OCH3 is 1. The fourth-order valence-corrected chi connectivity index (χ4v) is 2.39. The van der Waals surface area contributed by atoms with E-state index in [4.69, 9.17) is 23.4 Å². The molecule has 0 atom stereocenters. The van der Waals surface area contributed by atoms with Gasteiger partial charge in [-0.15, -0.1) is 0 Å². The van der Waals surface area contributed by atoms with Gasteiger partial charge in [0, 0.05) is 16.9 Å². The van der Waals surface area contributed by atoms with E-state index < -0.39 is 17.7 Å². The molecule has 0 saturated carbocycles. The molecule has 27 heavy (non-hydrogen) atoms. The molecule has 0 radical (unpaired) electrons. The zero-order chi connectivity index (χ0) is 20.2. The number of benzene rings is 2. The second-order valence-corrected chi connectivity index (χ2v) is 5.77. The molecule has 0 aliphatic rings. The summed E-state index contributed by atoms with van der Waals surface area (Å²) in [4.78, 5) is 11.6. The number of rotatable bonds is 4. The molecule has 10 heteroatoms. The van der Waals surface area contributed by atoms with E-state index in [1.807, 2.05) is 0 Å². The van der Waals surface area contributed by atoms with Crippen molar-refractivity contribution in [3.63, 3.8) is 0 Å². The summed E-state index contributed by atoms with van der Waals surface area (Å²) in [7, 11) is 1.07. The average Bonchev–Trinajstić information content (AvgIpc) is 2.60. The van der Waals surface area contributed by atoms with E-state index in [0.717, 1.165) is 13.2 Å². The summed E-state index contributed by atoms with van der Waals surface area (Å²) in [5, 5.41) is 12.8. The van der Waals surface area contributed by atoms with Gasteiger partial charge in [-0.2, -0.15) is 13.2 Å². The Morgan fingerprint density at radius 3 is 2.33 bits per heavy atom. The number of halogens is 3. The Morgan fingerprint density at radius 2 is 1.74 bits per heavy atom. The van der Waals surface area contributed by atoms with Gasteiger partial charge >= 0.3 is 12.1 Å². The summed E-state index contributed by atoms with van der Waals surface area (Å²) >= 11 is 5.10. The lowest BCUT2D eigenvalue weighted by Gasteiger charge is -2.15. The molecule has 0 heterocycles. The minimum absolute atomic E-state index is 0.00848. The maximum absolute atomic E-state index is 13.1. The molecule has 142 valence electrons. The van der Waals surface area contributed by atoms with E-state index in [2.05, 4.69) is 15.4 Å². The number of hydrogen-bond donors (Lipinski definition) is 4. The number of ether oxygens (including phenoxy) is 1. The summed E-state index contributed by atoms with van der Waals surface area (Å²) in [6.07, 6.45) is -4.65. The largest absolute Gasteiger partial charge is 0.465 e. The monoisotopic (exact) mass is 396 g/mol. The highest BCUT2D eigenvalue weighted by Gasteiger charge is 2.32. The van der Waals surface area contributed by atoms with Gasteiger partial charge in [-0.1, -0.05) is 12.1 Å². The van der Waals surface area contributed by atoms with Crippen molar-refractivity contribution in [2.75, 3.05) is 17.7 Å². The maximum Gasteiger partial charge on any atom is 0.416 e. The van der Waals surface area contributed by atoms with Gasteiger partial charge in [-0.05, 0) is 42.5 Å². The number of carbonyl (C=O) groups excluding carboxylic acids is 1. The van der Waals surface area contributed by atoms with Crippen LogP contribution in [-0.2, 0) is 10.9 Å². The third kappa shape index (κ3) is 5.42. The van der Waals surface area contributed by atoms with E-state index >= 15 is 0 Å². The Morgan fingerprint density at radius 1 is 1.11 bits per heavy atom. The smallest absolute Gasteiger partial charge is 0.416 e. The summed E-state index contributed by atoms with van der Waals surface area (Å²) < 4.78 is 43.7. The van der Waals surface area contributed by atoms with Crippen molar-refractivity contribution in [3.8, 4) is 0 Å². The fraction of sp³-hybridized carbons (Fsp3) is 0.118. The van der Waals surface area contributed by atoms with Crippen LogP contribution in [0.4, 0.5) is 24.5 Å². The number of carbonyl (C=O) groups is 1. The molecular formula is C17H15F3N4O2S. The Balaban J connectivity index is 2.25. The van der Waals surface area contributed by atoms with Crippen molar-refractivity contribution in [1.29, 1.82) is 5.41 Å². The Labute approximate surface area is 158 Å². The second-order valence-electron chi connectivity index (χ2n) is 5.36. The van der Waals surface area contributed by atoms with Crippen LogP contribution in [-0.4, -0.2) is 24.0 Å². The highest BCUT2D eigenvalue weighted by atomic mass is 32.1. The summed E-state index contributed by atoms with van der Waals surface area (Å²) in [5.74, 6) is -1.05. The first-order chi connectivity index (χ1) is 12.6. The number of anilines is 2. The summed E-state index contributed by atoms with van der Waals surface area (Å²) in [6, 6.07) is 9.19. The minimum atomic E-state index is -4.65. The second kappa shape index (κ2) is 8.04. The molecule has 0 bridgehead atoms. The zero-order valence-electron chi connectivity index (χ0n) is 14.0. The van der Waals surface area contributed by atoms with E-state index in [0.29, 0.717) is 17.3 Å². The number of amidine groups is 1. The van der Waals surface area contributed by atoms with Crippen LogP contribution in [0.15, 0.2) is 42.5 Å². The molecule has 0 aromatic heterocycles. The number of hydrogen-bond acceptors (Lipinski definition) is 4. The highest BCUT2D eigenvalue weighted by molar-refractivity contribution is 7.80. The van der Waals surface area contributed by atoms with E-state index in [1.54, 1.807) is 24.3 Å². The van der Waals surface area contributed by atoms with Crippen LogP contribution in [0.5, 0.6) is 0 Å². The van der Waals surface area contributed by atoms with Gasteiger partial charge in [0.1, 0.15) is 5.84 Å². The van der Waals surface area contributed by atoms with Crippen molar-refractivity contribution >= 4 is 40.5 Å². The molecule has 0 amide bonds. The SMILES string of the molecule is COC(=O)c1cc(NC(=S)Nc2cccc(C(=N)N)c2)cc(C(F)(F)F)c1. The molecule has 5 N–H and O–H groups in total. The first-order valence-electron chi connectivity index (χ1n) is 7.43. The van der Waals surface area contributed by atoms with E-state index in [1.165, 1.54) is 6.07 Å². The third-order valence-corrected chi connectivity index (χ3v) is 3.57. The quantitative estimate of drug-likeness (QED) is 0.273. The number of nitrogen functional groups attached to an aromatic ring is 1. The molecule has 2 rings (SSSR count). The van der Waals surface area contributed by atoms with Gasteiger partial charge in [-0.3, -0.25) is 5.41 Å². The zero-order valence-corrected chi connectivity index (χ0v) is 14.8. The minimum Gasteiger partial charge on any atom is -0.465 e. The molecule has 0 saturated heterocycles. The maximum atomic E-state index is 13.1. The van der Waals surface area contributed by atoms with Crippen molar-refractivity contribution in [2.24, 2.45) is 5.73 Å². The van der Waals surface area contributed by atoms with Crippen molar-refractivity contribution < 1.29 is 22.7 Å². The van der Waals surface area contributed by atoms with E-state index in [9.17, 15) is 18.0 Å². The van der Waals surface area contributed by atoms with Crippen LogP contribution >= 0.6 is 12.2 Å². The number of nitrogens with two attached hydrogens (primary N) is 1. The highest BCUT2D eigenvalue weighted by Crippen LogP contribution is 2.32. The van der Waals surface area contributed by atoms with Gasteiger partial charge in [0.05, 0.1) is 18.2 Å². The summed E-state index contributed by atoms with van der Waals surface area (Å²) in [6.45, 7) is 0. The predicted molar refractivity (Wildman–Crippen MR) is 100 cm³/mol. The van der Waals surface area contributed by atoms with Gasteiger partial charge in [-0.25, -0.2) is 4.79 Å². The van der Waals surface area contributed by atoms with Crippen LogP contribution in [0.1, 0.15) is 21.5 Å². The van der Waals surface area contributed by atoms with Gasteiger partial charge in [0.25, 0.3) is 0 Å². The van der Waals surface area contributed by atoms with Crippen molar-refractivity contribution in [2.45, 2.75) is 6.18 Å².